The molecule has 0 saturated carbocycles. The van der Waals surface area contributed by atoms with Crippen LogP contribution in [0.3, 0.4) is 0 Å². The molecule has 0 aromatic heterocycles. The molecule has 0 aliphatic carbocycles. The van der Waals surface area contributed by atoms with Crippen molar-refractivity contribution in [1.29, 1.82) is 0 Å². The molecule has 1 aliphatic rings. The molecule has 1 aromatic rings. The SMILES string of the molecule is CCOc1cc(OCC2CNCCO2)cc([N+](=O)[O-])c1. The van der Waals surface area contributed by atoms with Gasteiger partial charge in [0.1, 0.15) is 24.2 Å². The number of nitro benzene ring substituents is 1. The van der Waals surface area contributed by atoms with Crippen molar-refractivity contribution in [2.24, 2.45) is 0 Å². The fourth-order valence-corrected chi connectivity index (χ4v) is 1.91. The molecule has 1 atom stereocenters. The van der Waals surface area contributed by atoms with Gasteiger partial charge in [-0.2, -0.15) is 0 Å². The van der Waals surface area contributed by atoms with Gasteiger partial charge in [-0.15, -0.1) is 0 Å². The van der Waals surface area contributed by atoms with Crippen LogP contribution >= 0.6 is 0 Å². The van der Waals surface area contributed by atoms with Crippen molar-refractivity contribution < 1.29 is 19.1 Å². The first kappa shape index (κ1) is 14.5. The van der Waals surface area contributed by atoms with E-state index in [0.29, 0.717) is 37.9 Å². The molecule has 0 amide bonds. The van der Waals surface area contributed by atoms with E-state index in [-0.39, 0.29) is 11.8 Å². The number of nitrogens with zero attached hydrogens (tertiary/aromatic N) is 1. The van der Waals surface area contributed by atoms with Gasteiger partial charge in [0.2, 0.25) is 0 Å². The molecule has 2 rings (SSSR count). The van der Waals surface area contributed by atoms with Gasteiger partial charge in [-0.05, 0) is 6.92 Å². The maximum absolute atomic E-state index is 10.9. The summed E-state index contributed by atoms with van der Waals surface area (Å²) >= 11 is 0. The first-order valence-corrected chi connectivity index (χ1v) is 6.56. The molecule has 1 saturated heterocycles. The summed E-state index contributed by atoms with van der Waals surface area (Å²) in [6.07, 6.45) is -0.0430. The van der Waals surface area contributed by atoms with E-state index < -0.39 is 4.92 Å². The summed E-state index contributed by atoms with van der Waals surface area (Å²) in [4.78, 5) is 10.4. The molecule has 7 nitrogen and oxygen atoms in total. The summed E-state index contributed by atoms with van der Waals surface area (Å²) in [6.45, 7) is 4.80. The summed E-state index contributed by atoms with van der Waals surface area (Å²) in [5, 5.41) is 14.1. The summed E-state index contributed by atoms with van der Waals surface area (Å²) in [5.41, 5.74) is -0.0476. The number of morpholine rings is 1. The maximum Gasteiger partial charge on any atom is 0.276 e. The maximum atomic E-state index is 10.9. The molecule has 1 aromatic carbocycles. The zero-order valence-electron chi connectivity index (χ0n) is 11.3. The molecule has 1 N–H and O–H groups in total. The van der Waals surface area contributed by atoms with E-state index in [1.165, 1.54) is 12.1 Å². The number of rotatable bonds is 6. The third-order valence-electron chi connectivity index (χ3n) is 2.83. The molecular formula is C13H18N2O5. The van der Waals surface area contributed by atoms with Gasteiger partial charge in [0.05, 0.1) is 30.3 Å². The smallest absolute Gasteiger partial charge is 0.276 e. The number of hydrogen-bond donors (Lipinski definition) is 1. The van der Waals surface area contributed by atoms with Gasteiger partial charge < -0.3 is 19.5 Å². The Balaban J connectivity index is 2.03. The van der Waals surface area contributed by atoms with Gasteiger partial charge in [0.15, 0.2) is 0 Å². The molecule has 0 spiro atoms. The standard InChI is InChI=1S/C13H18N2O5/c1-2-18-11-5-10(15(16)17)6-12(7-11)20-9-13-8-14-3-4-19-13/h5-7,13-14H,2-4,8-9H2,1H3. The average molecular weight is 282 g/mol. The lowest BCUT2D eigenvalue weighted by Crippen LogP contribution is -2.41. The van der Waals surface area contributed by atoms with Crippen molar-refractivity contribution in [3.63, 3.8) is 0 Å². The zero-order chi connectivity index (χ0) is 14.4. The second-order valence-corrected chi connectivity index (χ2v) is 4.36. The number of nitro groups is 1. The van der Waals surface area contributed by atoms with Gasteiger partial charge in [-0.1, -0.05) is 0 Å². The van der Waals surface area contributed by atoms with Gasteiger partial charge in [0.25, 0.3) is 5.69 Å². The van der Waals surface area contributed by atoms with Crippen LogP contribution in [0, 0.1) is 10.1 Å². The average Bonchev–Trinajstić information content (AvgIpc) is 2.46. The lowest BCUT2D eigenvalue weighted by Gasteiger charge is -2.23. The Morgan fingerprint density at radius 2 is 2.15 bits per heavy atom. The molecule has 1 aliphatic heterocycles. The molecular weight excluding hydrogens is 264 g/mol. The van der Waals surface area contributed by atoms with E-state index in [9.17, 15) is 10.1 Å². The Morgan fingerprint density at radius 3 is 2.75 bits per heavy atom. The quantitative estimate of drug-likeness (QED) is 0.626. The minimum atomic E-state index is -0.464. The van der Waals surface area contributed by atoms with E-state index >= 15 is 0 Å². The van der Waals surface area contributed by atoms with Crippen LogP contribution in [0.25, 0.3) is 0 Å². The fourth-order valence-electron chi connectivity index (χ4n) is 1.91. The van der Waals surface area contributed by atoms with Gasteiger partial charge in [0, 0.05) is 19.2 Å². The van der Waals surface area contributed by atoms with Gasteiger partial charge in [-0.25, -0.2) is 0 Å². The van der Waals surface area contributed by atoms with E-state index in [1.807, 2.05) is 6.92 Å². The van der Waals surface area contributed by atoms with Crippen molar-refractivity contribution in [3.05, 3.63) is 28.3 Å². The number of benzene rings is 1. The van der Waals surface area contributed by atoms with Crippen LogP contribution in [0.2, 0.25) is 0 Å². The van der Waals surface area contributed by atoms with E-state index in [0.717, 1.165) is 6.54 Å². The number of hydrogen-bond acceptors (Lipinski definition) is 6. The monoisotopic (exact) mass is 282 g/mol. The lowest BCUT2D eigenvalue weighted by atomic mass is 10.2. The van der Waals surface area contributed by atoms with Crippen LogP contribution < -0.4 is 14.8 Å². The molecule has 20 heavy (non-hydrogen) atoms. The van der Waals surface area contributed by atoms with Crippen LogP contribution in [-0.2, 0) is 4.74 Å². The van der Waals surface area contributed by atoms with Crippen molar-refractivity contribution in [2.75, 3.05) is 32.9 Å². The highest BCUT2D eigenvalue weighted by molar-refractivity contribution is 5.46. The van der Waals surface area contributed by atoms with Crippen molar-refractivity contribution in [2.45, 2.75) is 13.0 Å². The number of ether oxygens (including phenoxy) is 3. The largest absolute Gasteiger partial charge is 0.493 e. The van der Waals surface area contributed by atoms with Gasteiger partial charge >= 0.3 is 0 Å². The first-order chi connectivity index (χ1) is 9.69. The van der Waals surface area contributed by atoms with Crippen molar-refractivity contribution >= 4 is 5.69 Å². The summed E-state index contributed by atoms with van der Waals surface area (Å²) in [6, 6.07) is 4.42. The third kappa shape index (κ3) is 4.07. The Bertz CT molecular complexity index is 460. The second kappa shape index (κ2) is 7.06. The molecule has 7 heteroatoms. The van der Waals surface area contributed by atoms with Crippen LogP contribution in [0.5, 0.6) is 11.5 Å². The van der Waals surface area contributed by atoms with E-state index in [4.69, 9.17) is 14.2 Å². The molecule has 1 unspecified atom stereocenters. The van der Waals surface area contributed by atoms with Gasteiger partial charge in [-0.3, -0.25) is 10.1 Å². The fraction of sp³-hybridized carbons (Fsp3) is 0.538. The van der Waals surface area contributed by atoms with Crippen LogP contribution in [-0.4, -0.2) is 43.9 Å². The van der Waals surface area contributed by atoms with Crippen LogP contribution in [0.15, 0.2) is 18.2 Å². The molecule has 1 fully saturated rings. The minimum Gasteiger partial charge on any atom is -0.493 e. The molecule has 0 radical (unpaired) electrons. The second-order valence-electron chi connectivity index (χ2n) is 4.36. The molecule has 1 heterocycles. The summed E-state index contributed by atoms with van der Waals surface area (Å²) in [5.74, 6) is 0.844. The highest BCUT2D eigenvalue weighted by Gasteiger charge is 2.16. The van der Waals surface area contributed by atoms with E-state index in [1.54, 1.807) is 6.07 Å². The normalized spacial score (nSPS) is 18.6. The summed E-state index contributed by atoms with van der Waals surface area (Å²) in [7, 11) is 0. The predicted molar refractivity (Wildman–Crippen MR) is 72.4 cm³/mol. The van der Waals surface area contributed by atoms with E-state index in [2.05, 4.69) is 5.32 Å². The van der Waals surface area contributed by atoms with Crippen LogP contribution in [0.4, 0.5) is 5.69 Å². The lowest BCUT2D eigenvalue weighted by molar-refractivity contribution is -0.385. The Morgan fingerprint density at radius 1 is 1.40 bits per heavy atom. The first-order valence-electron chi connectivity index (χ1n) is 6.56. The topological polar surface area (TPSA) is 82.9 Å². The highest BCUT2D eigenvalue weighted by Crippen LogP contribution is 2.27. The van der Waals surface area contributed by atoms with Crippen LogP contribution in [0.1, 0.15) is 6.92 Å². The number of non-ortho nitro benzene ring substituents is 1. The number of nitrogens with one attached hydrogen (secondary N) is 1. The zero-order valence-corrected chi connectivity index (χ0v) is 11.3. The third-order valence-corrected chi connectivity index (χ3v) is 2.83. The summed E-state index contributed by atoms with van der Waals surface area (Å²) < 4.78 is 16.4. The van der Waals surface area contributed by atoms with Crippen molar-refractivity contribution in [1.82, 2.24) is 5.32 Å². The Hall–Kier alpha value is -1.86. The Kier molecular flexibility index (Phi) is 5.14. The highest BCUT2D eigenvalue weighted by atomic mass is 16.6. The Labute approximate surface area is 117 Å². The van der Waals surface area contributed by atoms with Crippen molar-refractivity contribution in [3.8, 4) is 11.5 Å². The predicted octanol–water partition coefficient (Wildman–Crippen LogP) is 1.36. The molecule has 0 bridgehead atoms. The minimum absolute atomic E-state index is 0.0430. The molecule has 110 valence electrons.